The fourth-order valence-corrected chi connectivity index (χ4v) is 2.29. The Kier molecular flexibility index (Phi) is 6.04. The van der Waals surface area contributed by atoms with Gasteiger partial charge in [-0.25, -0.2) is 9.15 Å². The lowest BCUT2D eigenvalue weighted by atomic mass is 10.0. The van der Waals surface area contributed by atoms with E-state index in [0.717, 1.165) is 6.42 Å². The fraction of sp³-hybridized carbons (Fsp3) is 0.238. The molecule has 118 valence electrons. The molecule has 0 radical (unpaired) electrons. The van der Waals surface area contributed by atoms with Gasteiger partial charge in [-0.2, -0.15) is 0 Å². The summed E-state index contributed by atoms with van der Waals surface area (Å²) in [7, 11) is 8.27. The zero-order valence-corrected chi connectivity index (χ0v) is 14.5. The van der Waals surface area contributed by atoms with Crippen LogP contribution in [-0.4, -0.2) is 48.8 Å². The van der Waals surface area contributed by atoms with Crippen molar-refractivity contribution in [3.63, 3.8) is 0 Å². The lowest BCUT2D eigenvalue weighted by Crippen LogP contribution is -2.11. The van der Waals surface area contributed by atoms with Gasteiger partial charge in [0.15, 0.2) is 11.4 Å². The summed E-state index contributed by atoms with van der Waals surface area (Å²) < 4.78 is 4.26. The molecule has 0 atom stereocenters. The van der Waals surface area contributed by atoms with Gasteiger partial charge < -0.3 is 0 Å². The zero-order chi connectivity index (χ0) is 16.7. The molecule has 0 aromatic rings. The quantitative estimate of drug-likeness (QED) is 0.556. The lowest BCUT2D eigenvalue weighted by molar-refractivity contribution is -0.464. The topological polar surface area (TPSA) is 6.02 Å². The number of nitrogens with zero attached hydrogens (tertiary/aromatic N) is 2. The Morgan fingerprint density at radius 2 is 1.52 bits per heavy atom. The van der Waals surface area contributed by atoms with Gasteiger partial charge in [0, 0.05) is 18.2 Å². The highest BCUT2D eigenvalue weighted by Gasteiger charge is 2.06. The van der Waals surface area contributed by atoms with Crippen molar-refractivity contribution in [2.75, 3.05) is 28.2 Å². The first-order valence-electron chi connectivity index (χ1n) is 7.93. The van der Waals surface area contributed by atoms with E-state index in [1.807, 2.05) is 0 Å². The van der Waals surface area contributed by atoms with Crippen LogP contribution in [-0.2, 0) is 0 Å². The van der Waals surface area contributed by atoms with Gasteiger partial charge in [-0.1, -0.05) is 36.5 Å². The molecule has 0 unspecified atom stereocenters. The minimum absolute atomic E-state index is 0.997. The van der Waals surface area contributed by atoms with Gasteiger partial charge in [-0.3, -0.25) is 0 Å². The van der Waals surface area contributed by atoms with E-state index >= 15 is 0 Å². The molecule has 0 aliphatic heterocycles. The van der Waals surface area contributed by atoms with Crippen molar-refractivity contribution in [2.24, 2.45) is 0 Å². The number of allylic oxidation sites excluding steroid dienone is 14. The largest absolute Gasteiger partial charge is 0.239 e. The van der Waals surface area contributed by atoms with E-state index < -0.39 is 0 Å². The Morgan fingerprint density at radius 1 is 0.783 bits per heavy atom. The molecule has 23 heavy (non-hydrogen) atoms. The molecule has 0 aromatic heterocycles. The van der Waals surface area contributed by atoms with Crippen molar-refractivity contribution in [3.05, 3.63) is 84.1 Å². The summed E-state index contributed by atoms with van der Waals surface area (Å²) in [5.74, 6) is 0. The van der Waals surface area contributed by atoms with Crippen LogP contribution in [0.5, 0.6) is 0 Å². The maximum absolute atomic E-state index is 2.25. The number of hydrogen-bond donors (Lipinski definition) is 0. The minimum Gasteiger partial charge on any atom is -0.239 e. The first-order valence-corrected chi connectivity index (χ1v) is 7.93. The van der Waals surface area contributed by atoms with Crippen LogP contribution in [0, 0.1) is 0 Å². The zero-order valence-electron chi connectivity index (χ0n) is 14.5. The average molecular weight is 306 g/mol. The summed E-state index contributed by atoms with van der Waals surface area (Å²) in [6, 6.07) is 0. The molecule has 0 aromatic carbocycles. The van der Waals surface area contributed by atoms with E-state index in [1.54, 1.807) is 0 Å². The highest BCUT2D eigenvalue weighted by atomic mass is 14.9. The van der Waals surface area contributed by atoms with E-state index in [1.165, 1.54) is 22.6 Å². The van der Waals surface area contributed by atoms with E-state index in [4.69, 9.17) is 0 Å². The van der Waals surface area contributed by atoms with Crippen LogP contribution < -0.4 is 0 Å². The third-order valence-corrected chi connectivity index (χ3v) is 3.80. The molecule has 0 bridgehead atoms. The molecular weight excluding hydrogens is 280 g/mol. The van der Waals surface area contributed by atoms with Crippen molar-refractivity contribution in [2.45, 2.75) is 6.42 Å². The second kappa shape index (κ2) is 8.23. The molecule has 2 nitrogen and oxygen atoms in total. The van der Waals surface area contributed by atoms with Crippen LogP contribution >= 0.6 is 0 Å². The van der Waals surface area contributed by atoms with Gasteiger partial charge in [0.2, 0.25) is 0 Å². The van der Waals surface area contributed by atoms with E-state index in [9.17, 15) is 0 Å². The van der Waals surface area contributed by atoms with Gasteiger partial charge in [-0.05, 0) is 29.4 Å². The summed E-state index contributed by atoms with van der Waals surface area (Å²) in [5.41, 5.74) is 5.03. The third kappa shape index (κ3) is 5.33. The van der Waals surface area contributed by atoms with Crippen molar-refractivity contribution < 1.29 is 9.15 Å². The van der Waals surface area contributed by atoms with Crippen LogP contribution in [0.25, 0.3) is 0 Å². The Balaban J connectivity index is 1.89. The normalized spacial score (nSPS) is 17.4. The van der Waals surface area contributed by atoms with Gasteiger partial charge in [0.25, 0.3) is 0 Å². The van der Waals surface area contributed by atoms with Crippen LogP contribution in [0.3, 0.4) is 0 Å². The number of rotatable bonds is 3. The highest BCUT2D eigenvalue weighted by molar-refractivity contribution is 6.02. The average Bonchev–Trinajstić information content (AvgIpc) is 2.55. The lowest BCUT2D eigenvalue weighted by Gasteiger charge is -2.02. The Hall–Kier alpha value is -2.48. The predicted molar refractivity (Wildman–Crippen MR) is 101 cm³/mol. The molecule has 0 fully saturated rings. The van der Waals surface area contributed by atoms with Crippen LogP contribution in [0.1, 0.15) is 6.42 Å². The smallest absolute Gasteiger partial charge is 0.199 e. The van der Waals surface area contributed by atoms with Crippen LogP contribution in [0.2, 0.25) is 0 Å². The minimum atomic E-state index is 0.997. The second-order valence-electron chi connectivity index (χ2n) is 6.02. The van der Waals surface area contributed by atoms with Crippen molar-refractivity contribution in [1.82, 2.24) is 0 Å². The van der Waals surface area contributed by atoms with Crippen molar-refractivity contribution >= 4 is 11.4 Å². The Morgan fingerprint density at radius 3 is 2.09 bits per heavy atom. The summed E-state index contributed by atoms with van der Waals surface area (Å²) in [5, 5.41) is 0. The Labute approximate surface area is 139 Å². The van der Waals surface area contributed by atoms with E-state index in [0.29, 0.717) is 0 Å². The summed E-state index contributed by atoms with van der Waals surface area (Å²) in [4.78, 5) is 0. The fourth-order valence-electron chi connectivity index (χ4n) is 2.29. The number of hydrogen-bond acceptors (Lipinski definition) is 0. The summed E-state index contributed by atoms with van der Waals surface area (Å²) in [6.07, 6.45) is 26.6. The maximum atomic E-state index is 2.25. The van der Waals surface area contributed by atoms with Crippen LogP contribution in [0.4, 0.5) is 0 Å². The Bertz CT molecular complexity index is 704. The van der Waals surface area contributed by atoms with Gasteiger partial charge >= 0.3 is 0 Å². The molecule has 0 heterocycles. The molecule has 2 aliphatic carbocycles. The van der Waals surface area contributed by atoms with Crippen LogP contribution in [0.15, 0.2) is 84.1 Å². The summed E-state index contributed by atoms with van der Waals surface area (Å²) >= 11 is 0. The van der Waals surface area contributed by atoms with Crippen molar-refractivity contribution in [3.8, 4) is 0 Å². The van der Waals surface area contributed by atoms with Gasteiger partial charge in [0.05, 0.1) is 6.42 Å². The SMILES string of the molecule is C[N+](C)=C1C=CC(=CC=CC=CC2=CCC(=[N+](C)C)C=C2)C=C1. The molecular formula is C21H26N2+2. The standard InChI is InChI=1S/C21H26N2/c1-22(2)20-14-10-18(11-15-20)8-6-5-7-9-19-12-16-21(17-13-19)23(3)4/h5-16H,17H2,1-4H3/q+2. The van der Waals surface area contributed by atoms with E-state index in [-0.39, 0.29) is 0 Å². The maximum Gasteiger partial charge on any atom is 0.199 e. The van der Waals surface area contributed by atoms with E-state index in [2.05, 4.69) is 110 Å². The van der Waals surface area contributed by atoms with Gasteiger partial charge in [-0.15, -0.1) is 0 Å². The first kappa shape index (κ1) is 16.9. The summed E-state index contributed by atoms with van der Waals surface area (Å²) in [6.45, 7) is 0. The molecule has 0 N–H and O–H groups in total. The molecule has 2 heteroatoms. The predicted octanol–water partition coefficient (Wildman–Crippen LogP) is 3.46. The highest BCUT2D eigenvalue weighted by Crippen LogP contribution is 2.10. The van der Waals surface area contributed by atoms with Gasteiger partial charge in [0.1, 0.15) is 28.2 Å². The third-order valence-electron chi connectivity index (χ3n) is 3.80. The molecule has 0 saturated heterocycles. The second-order valence-corrected chi connectivity index (χ2v) is 6.02. The molecule has 0 amide bonds. The molecule has 0 saturated carbocycles. The molecule has 2 rings (SSSR count). The van der Waals surface area contributed by atoms with Crippen molar-refractivity contribution in [1.29, 1.82) is 0 Å². The monoisotopic (exact) mass is 306 g/mol. The molecule has 2 aliphatic rings. The first-order chi connectivity index (χ1) is 11.1. The molecule has 0 spiro atoms.